The molecule has 0 aromatic heterocycles. The van der Waals surface area contributed by atoms with Crippen LogP contribution in [0.15, 0.2) is 12.1 Å². The summed E-state index contributed by atoms with van der Waals surface area (Å²) in [6.07, 6.45) is 0. The van der Waals surface area contributed by atoms with Crippen molar-refractivity contribution < 1.29 is 14.6 Å². The third-order valence-electron chi connectivity index (χ3n) is 2.46. The molecule has 1 aromatic rings. The molecule has 0 heterocycles. The highest BCUT2D eigenvalue weighted by atomic mass is 35.5. The molecular formula is C14H22ClNO3. The van der Waals surface area contributed by atoms with Crippen LogP contribution in [-0.4, -0.2) is 31.0 Å². The Bertz CT molecular complexity index is 416. The summed E-state index contributed by atoms with van der Waals surface area (Å²) in [6, 6.07) is 3.72. The average molecular weight is 288 g/mol. The van der Waals surface area contributed by atoms with Crippen molar-refractivity contribution in [2.24, 2.45) is 0 Å². The number of aliphatic hydroxyl groups is 1. The van der Waals surface area contributed by atoms with Crippen molar-refractivity contribution >= 4 is 11.6 Å². The first kappa shape index (κ1) is 16.1. The Hall–Kier alpha value is -0.970. The van der Waals surface area contributed by atoms with Crippen LogP contribution in [-0.2, 0) is 6.54 Å². The predicted molar refractivity (Wildman–Crippen MR) is 77.2 cm³/mol. The van der Waals surface area contributed by atoms with Crippen molar-refractivity contribution in [3.05, 3.63) is 22.7 Å². The van der Waals surface area contributed by atoms with Gasteiger partial charge in [0.1, 0.15) is 0 Å². The van der Waals surface area contributed by atoms with Gasteiger partial charge in [-0.05, 0) is 38.5 Å². The number of hydrogen-bond acceptors (Lipinski definition) is 4. The lowest BCUT2D eigenvalue weighted by atomic mass is 10.1. The summed E-state index contributed by atoms with van der Waals surface area (Å²) >= 11 is 6.18. The molecule has 5 heteroatoms. The number of hydrogen-bond donors (Lipinski definition) is 2. The van der Waals surface area contributed by atoms with Gasteiger partial charge in [0.05, 0.1) is 24.3 Å². The molecule has 2 N–H and O–H groups in total. The van der Waals surface area contributed by atoms with Gasteiger partial charge in [0, 0.05) is 13.1 Å². The first-order valence-electron chi connectivity index (χ1n) is 6.29. The summed E-state index contributed by atoms with van der Waals surface area (Å²) in [6.45, 7) is 7.05. The Morgan fingerprint density at radius 1 is 1.37 bits per heavy atom. The first-order valence-corrected chi connectivity index (χ1v) is 6.67. The minimum absolute atomic E-state index is 0.500. The Labute approximate surface area is 119 Å². The summed E-state index contributed by atoms with van der Waals surface area (Å²) in [7, 11) is 1.59. The topological polar surface area (TPSA) is 50.7 Å². The van der Waals surface area contributed by atoms with E-state index >= 15 is 0 Å². The van der Waals surface area contributed by atoms with Gasteiger partial charge in [-0.25, -0.2) is 0 Å². The van der Waals surface area contributed by atoms with Gasteiger partial charge >= 0.3 is 0 Å². The van der Waals surface area contributed by atoms with E-state index in [1.54, 1.807) is 21.0 Å². The summed E-state index contributed by atoms with van der Waals surface area (Å²) in [5.74, 6) is 1.19. The second-order valence-corrected chi connectivity index (χ2v) is 5.37. The molecule has 0 amide bonds. The molecule has 0 radical (unpaired) electrons. The highest BCUT2D eigenvalue weighted by Crippen LogP contribution is 2.36. The molecule has 0 unspecified atom stereocenters. The van der Waals surface area contributed by atoms with E-state index in [4.69, 9.17) is 21.1 Å². The van der Waals surface area contributed by atoms with Gasteiger partial charge in [0.2, 0.25) is 0 Å². The number of benzene rings is 1. The Balaban J connectivity index is 2.78. The van der Waals surface area contributed by atoms with E-state index in [0.29, 0.717) is 36.2 Å². The third kappa shape index (κ3) is 5.27. The smallest absolute Gasteiger partial charge is 0.179 e. The van der Waals surface area contributed by atoms with E-state index in [1.807, 2.05) is 19.1 Å². The van der Waals surface area contributed by atoms with E-state index in [0.717, 1.165) is 5.56 Å². The molecule has 0 spiro atoms. The van der Waals surface area contributed by atoms with E-state index < -0.39 is 5.60 Å². The van der Waals surface area contributed by atoms with Crippen molar-refractivity contribution in [1.82, 2.24) is 5.32 Å². The molecule has 0 aliphatic carbocycles. The van der Waals surface area contributed by atoms with Crippen LogP contribution in [0.4, 0.5) is 0 Å². The normalized spacial score (nSPS) is 11.5. The van der Waals surface area contributed by atoms with Gasteiger partial charge in [0.15, 0.2) is 11.5 Å². The molecule has 0 aliphatic heterocycles. The maximum atomic E-state index is 9.63. The Morgan fingerprint density at radius 3 is 2.58 bits per heavy atom. The van der Waals surface area contributed by atoms with Crippen LogP contribution in [0.25, 0.3) is 0 Å². The molecular weight excluding hydrogens is 266 g/mol. The molecule has 4 nitrogen and oxygen atoms in total. The average Bonchev–Trinajstić information content (AvgIpc) is 2.30. The summed E-state index contributed by atoms with van der Waals surface area (Å²) in [5.41, 5.74) is 0.244. The molecule has 1 rings (SSSR count). The molecule has 1 aromatic carbocycles. The van der Waals surface area contributed by atoms with Crippen molar-refractivity contribution in [1.29, 1.82) is 0 Å². The van der Waals surface area contributed by atoms with E-state index in [-0.39, 0.29) is 0 Å². The van der Waals surface area contributed by atoms with Gasteiger partial charge < -0.3 is 19.9 Å². The first-order chi connectivity index (χ1) is 8.87. The third-order valence-corrected chi connectivity index (χ3v) is 2.75. The number of ether oxygens (including phenoxy) is 2. The van der Waals surface area contributed by atoms with Gasteiger partial charge in [-0.15, -0.1) is 0 Å². The van der Waals surface area contributed by atoms with Crippen LogP contribution in [0, 0.1) is 0 Å². The number of nitrogens with one attached hydrogen (secondary N) is 1. The van der Waals surface area contributed by atoms with Gasteiger partial charge in [-0.2, -0.15) is 0 Å². The number of methoxy groups -OCH3 is 1. The van der Waals surface area contributed by atoms with E-state index in [1.165, 1.54) is 0 Å². The number of rotatable bonds is 7. The SMILES string of the molecule is CCOc1c(Cl)cc(CNCC(C)(C)O)cc1OC. The fraction of sp³-hybridized carbons (Fsp3) is 0.571. The molecule has 0 saturated heterocycles. The molecule has 0 fully saturated rings. The van der Waals surface area contributed by atoms with E-state index in [9.17, 15) is 5.11 Å². The molecule has 0 aliphatic rings. The van der Waals surface area contributed by atoms with Crippen LogP contribution in [0.2, 0.25) is 5.02 Å². The lowest BCUT2D eigenvalue weighted by Gasteiger charge is -2.18. The molecule has 0 bridgehead atoms. The zero-order chi connectivity index (χ0) is 14.5. The van der Waals surface area contributed by atoms with E-state index in [2.05, 4.69) is 5.32 Å². The van der Waals surface area contributed by atoms with Crippen molar-refractivity contribution in [3.63, 3.8) is 0 Å². The number of halogens is 1. The molecule has 0 atom stereocenters. The zero-order valence-corrected chi connectivity index (χ0v) is 12.7. The molecule has 108 valence electrons. The highest BCUT2D eigenvalue weighted by molar-refractivity contribution is 6.32. The second-order valence-electron chi connectivity index (χ2n) is 4.96. The van der Waals surface area contributed by atoms with Gasteiger partial charge in [-0.3, -0.25) is 0 Å². The van der Waals surface area contributed by atoms with Crippen molar-refractivity contribution in [3.8, 4) is 11.5 Å². The summed E-state index contributed by atoms with van der Waals surface area (Å²) in [5, 5.41) is 13.3. The second kappa shape index (κ2) is 6.98. The maximum Gasteiger partial charge on any atom is 0.179 e. The highest BCUT2D eigenvalue weighted by Gasteiger charge is 2.14. The minimum Gasteiger partial charge on any atom is -0.493 e. The van der Waals surface area contributed by atoms with Crippen molar-refractivity contribution in [2.75, 3.05) is 20.3 Å². The standard InChI is InChI=1S/C14H22ClNO3/c1-5-19-13-11(15)6-10(7-12(13)18-4)8-16-9-14(2,3)17/h6-7,16-17H,5,8-9H2,1-4H3. The largest absolute Gasteiger partial charge is 0.493 e. The lowest BCUT2D eigenvalue weighted by molar-refractivity contribution is 0.0795. The predicted octanol–water partition coefficient (Wildman–Crippen LogP) is 2.61. The van der Waals surface area contributed by atoms with Crippen LogP contribution < -0.4 is 14.8 Å². The van der Waals surface area contributed by atoms with Crippen LogP contribution in [0.3, 0.4) is 0 Å². The van der Waals surface area contributed by atoms with Crippen LogP contribution in [0.5, 0.6) is 11.5 Å². The Morgan fingerprint density at radius 2 is 2.05 bits per heavy atom. The van der Waals surface area contributed by atoms with Crippen LogP contribution >= 0.6 is 11.6 Å². The Kier molecular flexibility index (Phi) is 5.91. The molecule has 19 heavy (non-hydrogen) atoms. The summed E-state index contributed by atoms with van der Waals surface area (Å²) < 4.78 is 10.7. The fourth-order valence-electron chi connectivity index (χ4n) is 1.67. The molecule has 0 saturated carbocycles. The monoisotopic (exact) mass is 287 g/mol. The van der Waals surface area contributed by atoms with Gasteiger partial charge in [-0.1, -0.05) is 11.6 Å². The van der Waals surface area contributed by atoms with Crippen molar-refractivity contribution in [2.45, 2.75) is 32.9 Å². The fourth-order valence-corrected chi connectivity index (χ4v) is 1.96. The van der Waals surface area contributed by atoms with Crippen LogP contribution in [0.1, 0.15) is 26.3 Å². The zero-order valence-electron chi connectivity index (χ0n) is 11.9. The maximum absolute atomic E-state index is 9.63. The minimum atomic E-state index is -0.737. The summed E-state index contributed by atoms with van der Waals surface area (Å²) in [4.78, 5) is 0. The quantitative estimate of drug-likeness (QED) is 0.809. The lowest BCUT2D eigenvalue weighted by Crippen LogP contribution is -2.34. The van der Waals surface area contributed by atoms with Gasteiger partial charge in [0.25, 0.3) is 0 Å².